The van der Waals surface area contributed by atoms with Gasteiger partial charge in [0.2, 0.25) is 0 Å². The standard InChI is InChI=1S/C22H25N3O3S/c1-24(2)16-6-4-15(5-7-16)21(26)25-12-10-17(11-13-25)28-22-23-19-9-8-18(27-3)14-20(19)29-22/h4-9,14,17H,10-13H2,1-3H3. The van der Waals surface area contributed by atoms with E-state index in [9.17, 15) is 4.79 Å². The van der Waals surface area contributed by atoms with Crippen LogP contribution < -0.4 is 14.4 Å². The number of fused-ring (bicyclic) bond motifs is 1. The van der Waals surface area contributed by atoms with Gasteiger partial charge in [0.1, 0.15) is 11.9 Å². The number of hydrogen-bond donors (Lipinski definition) is 0. The fourth-order valence-electron chi connectivity index (χ4n) is 3.47. The van der Waals surface area contributed by atoms with Crippen molar-refractivity contribution in [3.8, 4) is 10.9 Å². The summed E-state index contributed by atoms with van der Waals surface area (Å²) in [4.78, 5) is 21.3. The van der Waals surface area contributed by atoms with E-state index in [1.54, 1.807) is 7.11 Å². The Morgan fingerprint density at radius 2 is 1.86 bits per heavy atom. The number of benzene rings is 2. The molecule has 2 aromatic carbocycles. The second-order valence-electron chi connectivity index (χ2n) is 7.36. The minimum atomic E-state index is 0.0811. The SMILES string of the molecule is COc1ccc2nc(OC3CCN(C(=O)c4ccc(N(C)C)cc4)CC3)sc2c1. The molecule has 0 aliphatic carbocycles. The lowest BCUT2D eigenvalue weighted by Gasteiger charge is -2.31. The maximum absolute atomic E-state index is 12.8. The number of hydrogen-bond acceptors (Lipinski definition) is 6. The summed E-state index contributed by atoms with van der Waals surface area (Å²) in [5.74, 6) is 0.902. The number of amides is 1. The maximum Gasteiger partial charge on any atom is 0.274 e. The van der Waals surface area contributed by atoms with E-state index in [-0.39, 0.29) is 12.0 Å². The number of carbonyl (C=O) groups excluding carboxylic acids is 1. The lowest BCUT2D eigenvalue weighted by molar-refractivity contribution is 0.0595. The third-order valence-corrected chi connectivity index (χ3v) is 6.11. The number of thiazole rings is 1. The average Bonchev–Trinajstić information content (AvgIpc) is 3.15. The molecule has 1 aromatic heterocycles. The van der Waals surface area contributed by atoms with E-state index in [1.807, 2.05) is 66.4 Å². The van der Waals surface area contributed by atoms with Crippen molar-refractivity contribution in [2.75, 3.05) is 39.2 Å². The van der Waals surface area contributed by atoms with E-state index in [4.69, 9.17) is 9.47 Å². The number of piperidine rings is 1. The summed E-state index contributed by atoms with van der Waals surface area (Å²) in [6.45, 7) is 1.38. The van der Waals surface area contributed by atoms with Gasteiger partial charge in [-0.05, 0) is 42.5 Å². The van der Waals surface area contributed by atoms with Crippen LogP contribution in [0.1, 0.15) is 23.2 Å². The highest BCUT2D eigenvalue weighted by atomic mass is 32.1. The van der Waals surface area contributed by atoms with Crippen LogP contribution in [0.25, 0.3) is 10.2 Å². The van der Waals surface area contributed by atoms with Crippen molar-refractivity contribution in [1.82, 2.24) is 9.88 Å². The molecular formula is C22H25N3O3S. The van der Waals surface area contributed by atoms with Crippen molar-refractivity contribution in [2.45, 2.75) is 18.9 Å². The highest BCUT2D eigenvalue weighted by Gasteiger charge is 2.25. The number of ether oxygens (including phenoxy) is 2. The van der Waals surface area contributed by atoms with E-state index < -0.39 is 0 Å². The summed E-state index contributed by atoms with van der Waals surface area (Å²) in [6.07, 6.45) is 1.69. The van der Waals surface area contributed by atoms with Gasteiger partial charge in [-0.3, -0.25) is 4.79 Å². The summed E-state index contributed by atoms with van der Waals surface area (Å²) >= 11 is 1.53. The van der Waals surface area contributed by atoms with E-state index in [2.05, 4.69) is 4.98 Å². The minimum Gasteiger partial charge on any atom is -0.497 e. The highest BCUT2D eigenvalue weighted by Crippen LogP contribution is 2.32. The third kappa shape index (κ3) is 4.29. The minimum absolute atomic E-state index is 0.0811. The van der Waals surface area contributed by atoms with Crippen molar-refractivity contribution < 1.29 is 14.3 Å². The zero-order chi connectivity index (χ0) is 20.4. The van der Waals surface area contributed by atoms with Gasteiger partial charge in [0.25, 0.3) is 11.1 Å². The number of methoxy groups -OCH3 is 1. The molecule has 1 fully saturated rings. The first-order valence-electron chi connectivity index (χ1n) is 9.71. The predicted octanol–water partition coefficient (Wildman–Crippen LogP) is 4.05. The Bertz CT molecular complexity index is 992. The molecule has 1 aliphatic rings. The number of likely N-dealkylation sites (tertiary alicyclic amines) is 1. The molecule has 0 radical (unpaired) electrons. The van der Waals surface area contributed by atoms with Crippen LogP contribution in [0.3, 0.4) is 0 Å². The van der Waals surface area contributed by atoms with Crippen molar-refractivity contribution >= 4 is 33.1 Å². The molecule has 1 aliphatic heterocycles. The van der Waals surface area contributed by atoms with Crippen LogP contribution in [0.4, 0.5) is 5.69 Å². The monoisotopic (exact) mass is 411 g/mol. The normalized spacial score (nSPS) is 14.8. The van der Waals surface area contributed by atoms with Crippen molar-refractivity contribution in [1.29, 1.82) is 0 Å². The van der Waals surface area contributed by atoms with E-state index >= 15 is 0 Å². The number of rotatable bonds is 5. The van der Waals surface area contributed by atoms with Gasteiger partial charge in [0, 0.05) is 51.3 Å². The molecule has 6 nitrogen and oxygen atoms in total. The Hall–Kier alpha value is -2.80. The molecular weight excluding hydrogens is 386 g/mol. The van der Waals surface area contributed by atoms with E-state index in [0.717, 1.165) is 40.1 Å². The quantitative estimate of drug-likeness (QED) is 0.634. The van der Waals surface area contributed by atoms with Crippen LogP contribution in [0.2, 0.25) is 0 Å². The van der Waals surface area contributed by atoms with Crippen LogP contribution in [-0.4, -0.2) is 56.2 Å². The van der Waals surface area contributed by atoms with E-state index in [0.29, 0.717) is 18.3 Å². The molecule has 2 heterocycles. The van der Waals surface area contributed by atoms with Crippen LogP contribution in [0.15, 0.2) is 42.5 Å². The second kappa shape index (κ2) is 8.29. The van der Waals surface area contributed by atoms with Crippen LogP contribution in [-0.2, 0) is 0 Å². The Morgan fingerprint density at radius 1 is 1.14 bits per heavy atom. The number of anilines is 1. The van der Waals surface area contributed by atoms with Crippen molar-refractivity contribution in [3.05, 3.63) is 48.0 Å². The molecule has 3 aromatic rings. The van der Waals surface area contributed by atoms with Crippen LogP contribution in [0, 0.1) is 0 Å². The van der Waals surface area contributed by atoms with Gasteiger partial charge < -0.3 is 19.3 Å². The molecule has 152 valence electrons. The molecule has 0 saturated carbocycles. The Labute approximate surface area is 174 Å². The molecule has 0 spiro atoms. The molecule has 0 bridgehead atoms. The Morgan fingerprint density at radius 3 is 2.52 bits per heavy atom. The van der Waals surface area contributed by atoms with Gasteiger partial charge in [0.15, 0.2) is 0 Å². The first-order valence-corrected chi connectivity index (χ1v) is 10.5. The molecule has 4 rings (SSSR count). The van der Waals surface area contributed by atoms with Gasteiger partial charge in [-0.15, -0.1) is 0 Å². The molecule has 1 saturated heterocycles. The smallest absolute Gasteiger partial charge is 0.274 e. The highest BCUT2D eigenvalue weighted by molar-refractivity contribution is 7.20. The molecule has 1 amide bonds. The summed E-state index contributed by atoms with van der Waals surface area (Å²) < 4.78 is 12.4. The fourth-order valence-corrected chi connectivity index (χ4v) is 4.37. The second-order valence-corrected chi connectivity index (χ2v) is 8.36. The molecule has 7 heteroatoms. The zero-order valence-corrected chi connectivity index (χ0v) is 17.7. The topological polar surface area (TPSA) is 54.9 Å². The third-order valence-electron chi connectivity index (χ3n) is 5.20. The zero-order valence-electron chi connectivity index (χ0n) is 16.9. The number of nitrogens with zero attached hydrogens (tertiary/aromatic N) is 3. The summed E-state index contributed by atoms with van der Waals surface area (Å²) in [7, 11) is 5.64. The lowest BCUT2D eigenvalue weighted by atomic mass is 10.1. The van der Waals surface area contributed by atoms with Gasteiger partial charge in [-0.2, -0.15) is 0 Å². The van der Waals surface area contributed by atoms with Gasteiger partial charge >= 0.3 is 0 Å². The van der Waals surface area contributed by atoms with Crippen molar-refractivity contribution in [2.24, 2.45) is 0 Å². The lowest BCUT2D eigenvalue weighted by Crippen LogP contribution is -2.41. The largest absolute Gasteiger partial charge is 0.497 e. The molecule has 0 N–H and O–H groups in total. The summed E-state index contributed by atoms with van der Waals surface area (Å²) in [5, 5.41) is 0.678. The Kier molecular flexibility index (Phi) is 5.58. The average molecular weight is 412 g/mol. The molecule has 0 unspecified atom stereocenters. The molecule has 0 atom stereocenters. The fraction of sp³-hybridized carbons (Fsp3) is 0.364. The maximum atomic E-state index is 12.8. The number of carbonyl (C=O) groups is 1. The summed E-state index contributed by atoms with van der Waals surface area (Å²) in [6, 6.07) is 13.6. The van der Waals surface area contributed by atoms with Crippen molar-refractivity contribution in [3.63, 3.8) is 0 Å². The van der Waals surface area contributed by atoms with Gasteiger partial charge in [-0.1, -0.05) is 11.3 Å². The first-order chi connectivity index (χ1) is 14.0. The van der Waals surface area contributed by atoms with Gasteiger partial charge in [0.05, 0.1) is 17.3 Å². The van der Waals surface area contributed by atoms with Gasteiger partial charge in [-0.25, -0.2) is 4.98 Å². The van der Waals surface area contributed by atoms with E-state index in [1.165, 1.54) is 11.3 Å². The van der Waals surface area contributed by atoms with Crippen LogP contribution >= 0.6 is 11.3 Å². The summed E-state index contributed by atoms with van der Waals surface area (Å²) in [5.41, 5.74) is 2.73. The van der Waals surface area contributed by atoms with Crippen LogP contribution in [0.5, 0.6) is 10.9 Å². The Balaban J connectivity index is 1.35. The predicted molar refractivity (Wildman–Crippen MR) is 116 cm³/mol. The first kappa shape index (κ1) is 19.5. The molecule has 29 heavy (non-hydrogen) atoms. The number of aromatic nitrogens is 1.